The number of piperazine rings is 1. The fourth-order valence-electron chi connectivity index (χ4n) is 3.26. The first-order valence-electron chi connectivity index (χ1n) is 9.56. The Bertz CT molecular complexity index is 714. The van der Waals surface area contributed by atoms with Gasteiger partial charge in [-0.05, 0) is 47.7 Å². The largest absolute Gasteiger partial charge is 0.368 e. The van der Waals surface area contributed by atoms with Crippen LogP contribution in [0.3, 0.4) is 0 Å². The van der Waals surface area contributed by atoms with Gasteiger partial charge in [0.15, 0.2) is 0 Å². The first kappa shape index (κ1) is 18.3. The minimum absolute atomic E-state index is 0.0101. The van der Waals surface area contributed by atoms with Crippen LogP contribution in [0.1, 0.15) is 37.8 Å². The van der Waals surface area contributed by atoms with Crippen LogP contribution in [0.25, 0.3) is 0 Å². The van der Waals surface area contributed by atoms with Crippen LogP contribution in [0.2, 0.25) is 0 Å². The van der Waals surface area contributed by atoms with Gasteiger partial charge in [-0.2, -0.15) is 0 Å². The van der Waals surface area contributed by atoms with Crippen molar-refractivity contribution in [3.8, 4) is 0 Å². The summed E-state index contributed by atoms with van der Waals surface area (Å²) in [5, 5.41) is 3.01. The minimum Gasteiger partial charge on any atom is -0.368 e. The highest BCUT2D eigenvalue weighted by molar-refractivity contribution is 5.89. The molecule has 1 fully saturated rings. The zero-order valence-electron chi connectivity index (χ0n) is 16.0. The van der Waals surface area contributed by atoms with Crippen LogP contribution in [-0.2, 0) is 6.42 Å². The van der Waals surface area contributed by atoms with Gasteiger partial charge in [0.1, 0.15) is 0 Å². The van der Waals surface area contributed by atoms with E-state index in [0.29, 0.717) is 5.92 Å². The molecule has 2 amide bonds. The minimum atomic E-state index is -0.0101. The predicted molar refractivity (Wildman–Crippen MR) is 109 cm³/mol. The Morgan fingerprint density at radius 2 is 1.58 bits per heavy atom. The van der Waals surface area contributed by atoms with Crippen molar-refractivity contribution in [1.29, 1.82) is 0 Å². The summed E-state index contributed by atoms with van der Waals surface area (Å²) >= 11 is 0. The number of carbonyl (C=O) groups excluding carboxylic acids is 1. The fraction of sp³-hybridized carbons (Fsp3) is 0.409. The third-order valence-corrected chi connectivity index (χ3v) is 5.11. The molecule has 1 aliphatic heterocycles. The maximum atomic E-state index is 12.5. The molecular weight excluding hydrogens is 322 g/mol. The molecule has 0 saturated carbocycles. The molecule has 26 heavy (non-hydrogen) atoms. The highest BCUT2D eigenvalue weighted by Crippen LogP contribution is 2.21. The van der Waals surface area contributed by atoms with Gasteiger partial charge in [0.2, 0.25) is 0 Å². The SMILES string of the molecule is CCc1ccc(NC(=O)N2CCN(c3ccc(C(C)C)cc3)CC2)cc1. The van der Waals surface area contributed by atoms with E-state index in [1.165, 1.54) is 16.8 Å². The molecule has 138 valence electrons. The van der Waals surface area contributed by atoms with Crippen LogP contribution in [0.4, 0.5) is 16.2 Å². The van der Waals surface area contributed by atoms with E-state index in [2.05, 4.69) is 67.4 Å². The predicted octanol–water partition coefficient (Wildman–Crippen LogP) is 4.73. The smallest absolute Gasteiger partial charge is 0.321 e. The van der Waals surface area contributed by atoms with Crippen LogP contribution >= 0.6 is 0 Å². The number of rotatable bonds is 4. The molecule has 1 aliphatic rings. The molecule has 2 aromatic carbocycles. The number of nitrogens with zero attached hydrogens (tertiary/aromatic N) is 2. The third kappa shape index (κ3) is 4.37. The maximum Gasteiger partial charge on any atom is 0.321 e. The van der Waals surface area contributed by atoms with Crippen LogP contribution < -0.4 is 10.2 Å². The van der Waals surface area contributed by atoms with Gasteiger partial charge in [0.05, 0.1) is 0 Å². The zero-order valence-corrected chi connectivity index (χ0v) is 16.0. The van der Waals surface area contributed by atoms with Crippen LogP contribution in [0.15, 0.2) is 48.5 Å². The molecule has 1 heterocycles. The molecule has 0 radical (unpaired) electrons. The number of aryl methyl sites for hydroxylation is 1. The Balaban J connectivity index is 1.53. The van der Waals surface area contributed by atoms with E-state index in [9.17, 15) is 4.79 Å². The number of hydrogen-bond acceptors (Lipinski definition) is 2. The van der Waals surface area contributed by atoms with Crippen LogP contribution in [0.5, 0.6) is 0 Å². The molecule has 0 atom stereocenters. The Labute approximate surface area is 156 Å². The molecule has 2 aromatic rings. The number of benzene rings is 2. The highest BCUT2D eigenvalue weighted by Gasteiger charge is 2.21. The molecule has 0 spiro atoms. The van der Waals surface area contributed by atoms with Crippen molar-refractivity contribution in [2.24, 2.45) is 0 Å². The summed E-state index contributed by atoms with van der Waals surface area (Å²) in [6.07, 6.45) is 1.01. The normalized spacial score (nSPS) is 14.6. The quantitative estimate of drug-likeness (QED) is 0.864. The van der Waals surface area contributed by atoms with E-state index in [0.717, 1.165) is 38.3 Å². The van der Waals surface area contributed by atoms with E-state index < -0.39 is 0 Å². The van der Waals surface area contributed by atoms with Crippen LogP contribution in [-0.4, -0.2) is 37.1 Å². The molecule has 1 N–H and O–H groups in total. The molecular formula is C22H29N3O. The number of nitrogens with one attached hydrogen (secondary N) is 1. The summed E-state index contributed by atoms with van der Waals surface area (Å²) in [6, 6.07) is 16.9. The number of hydrogen-bond donors (Lipinski definition) is 1. The van der Waals surface area contributed by atoms with Gasteiger partial charge in [-0.15, -0.1) is 0 Å². The van der Waals surface area contributed by atoms with Crippen molar-refractivity contribution < 1.29 is 4.79 Å². The Morgan fingerprint density at radius 3 is 2.12 bits per heavy atom. The van der Waals surface area contributed by atoms with Crippen molar-refractivity contribution in [1.82, 2.24) is 4.90 Å². The van der Waals surface area contributed by atoms with Crippen LogP contribution in [0, 0.1) is 0 Å². The van der Waals surface area contributed by atoms with E-state index in [-0.39, 0.29) is 6.03 Å². The summed E-state index contributed by atoms with van der Waals surface area (Å²) < 4.78 is 0. The van der Waals surface area contributed by atoms with Gasteiger partial charge in [-0.25, -0.2) is 4.79 Å². The first-order valence-corrected chi connectivity index (χ1v) is 9.56. The lowest BCUT2D eigenvalue weighted by Gasteiger charge is -2.36. The molecule has 0 unspecified atom stereocenters. The second kappa shape index (κ2) is 8.26. The fourth-order valence-corrected chi connectivity index (χ4v) is 3.26. The summed E-state index contributed by atoms with van der Waals surface area (Å²) in [5.74, 6) is 0.552. The van der Waals surface area contributed by atoms with Crippen molar-refractivity contribution in [2.45, 2.75) is 33.1 Å². The summed E-state index contributed by atoms with van der Waals surface area (Å²) in [6.45, 7) is 9.76. The molecule has 0 aromatic heterocycles. The molecule has 3 rings (SSSR count). The molecule has 4 nitrogen and oxygen atoms in total. The van der Waals surface area contributed by atoms with E-state index in [1.54, 1.807) is 0 Å². The van der Waals surface area contributed by atoms with Gasteiger partial charge in [-0.3, -0.25) is 0 Å². The van der Waals surface area contributed by atoms with Crippen molar-refractivity contribution >= 4 is 17.4 Å². The molecule has 0 aliphatic carbocycles. The highest BCUT2D eigenvalue weighted by atomic mass is 16.2. The lowest BCUT2D eigenvalue weighted by molar-refractivity contribution is 0.208. The van der Waals surface area contributed by atoms with Crippen molar-refractivity contribution in [3.05, 3.63) is 59.7 Å². The van der Waals surface area contributed by atoms with Gasteiger partial charge in [-0.1, -0.05) is 45.0 Å². The number of carbonyl (C=O) groups is 1. The van der Waals surface area contributed by atoms with Crippen molar-refractivity contribution in [3.63, 3.8) is 0 Å². The average molecular weight is 351 g/mol. The van der Waals surface area contributed by atoms with E-state index >= 15 is 0 Å². The first-order chi connectivity index (χ1) is 12.6. The second-order valence-electron chi connectivity index (χ2n) is 7.20. The van der Waals surface area contributed by atoms with Gasteiger partial charge in [0.25, 0.3) is 0 Å². The number of anilines is 2. The summed E-state index contributed by atoms with van der Waals surface area (Å²) in [7, 11) is 0. The topological polar surface area (TPSA) is 35.6 Å². The summed E-state index contributed by atoms with van der Waals surface area (Å²) in [5.41, 5.74) is 4.74. The Kier molecular flexibility index (Phi) is 5.82. The standard InChI is InChI=1S/C22H29N3O/c1-4-18-5-9-20(10-6-18)23-22(26)25-15-13-24(14-16-25)21-11-7-19(8-12-21)17(2)3/h5-12,17H,4,13-16H2,1-3H3,(H,23,26). The monoisotopic (exact) mass is 351 g/mol. The Morgan fingerprint density at radius 1 is 0.962 bits per heavy atom. The van der Waals surface area contributed by atoms with Crippen molar-refractivity contribution in [2.75, 3.05) is 36.4 Å². The Hall–Kier alpha value is -2.49. The maximum absolute atomic E-state index is 12.5. The van der Waals surface area contributed by atoms with Gasteiger partial charge >= 0.3 is 6.03 Å². The molecule has 1 saturated heterocycles. The average Bonchev–Trinajstić information content (AvgIpc) is 2.69. The van der Waals surface area contributed by atoms with E-state index in [1.807, 2.05) is 17.0 Å². The lowest BCUT2D eigenvalue weighted by atomic mass is 10.0. The second-order valence-corrected chi connectivity index (χ2v) is 7.20. The lowest BCUT2D eigenvalue weighted by Crippen LogP contribution is -2.50. The third-order valence-electron chi connectivity index (χ3n) is 5.11. The number of amides is 2. The molecule has 0 bridgehead atoms. The zero-order chi connectivity index (χ0) is 18.5. The van der Waals surface area contributed by atoms with Gasteiger partial charge in [0, 0.05) is 37.6 Å². The van der Waals surface area contributed by atoms with Gasteiger partial charge < -0.3 is 15.1 Å². The number of urea groups is 1. The van der Waals surface area contributed by atoms with E-state index in [4.69, 9.17) is 0 Å². The summed E-state index contributed by atoms with van der Waals surface area (Å²) in [4.78, 5) is 16.7. The molecule has 4 heteroatoms.